The number of methoxy groups -OCH3 is 1. The molecule has 7 nitrogen and oxygen atoms in total. The largest absolute Gasteiger partial charge is 0.486 e. The number of amides is 1. The highest BCUT2D eigenvalue weighted by molar-refractivity contribution is 6.51. The maximum atomic E-state index is 12.3. The summed E-state index contributed by atoms with van der Waals surface area (Å²) >= 11 is 0. The van der Waals surface area contributed by atoms with Gasteiger partial charge in [0, 0.05) is 6.54 Å². The van der Waals surface area contributed by atoms with Crippen molar-refractivity contribution >= 4 is 19.2 Å². The summed E-state index contributed by atoms with van der Waals surface area (Å²) in [6.07, 6.45) is 2.83. The third-order valence-electron chi connectivity index (χ3n) is 4.56. The van der Waals surface area contributed by atoms with E-state index in [-0.39, 0.29) is 24.9 Å². The monoisotopic (exact) mass is 383 g/mol. The Bertz CT molecular complexity index is 537. The third-order valence-corrected chi connectivity index (χ3v) is 4.56. The Morgan fingerprint density at radius 1 is 1.11 bits per heavy atom. The average molecular weight is 383 g/mol. The van der Waals surface area contributed by atoms with Gasteiger partial charge < -0.3 is 18.8 Å². The molecule has 1 amide bonds. The molecule has 0 atom stereocenters. The molecule has 0 aromatic carbocycles. The average Bonchev–Trinajstić information content (AvgIpc) is 2.71. The molecule has 1 heterocycles. The second-order valence-corrected chi connectivity index (χ2v) is 8.67. The van der Waals surface area contributed by atoms with Crippen molar-refractivity contribution in [3.8, 4) is 0 Å². The Labute approximate surface area is 163 Å². The first kappa shape index (κ1) is 23.5. The van der Waals surface area contributed by atoms with Crippen molar-refractivity contribution in [2.45, 2.75) is 78.1 Å². The summed E-state index contributed by atoms with van der Waals surface area (Å²) in [5.74, 6) is 1.41. The van der Waals surface area contributed by atoms with Gasteiger partial charge in [0.25, 0.3) is 0 Å². The number of esters is 1. The lowest BCUT2D eigenvalue weighted by molar-refractivity contribution is -0.141. The lowest BCUT2D eigenvalue weighted by atomic mass is 9.89. The van der Waals surface area contributed by atoms with Gasteiger partial charge in [0.15, 0.2) is 0 Å². The van der Waals surface area contributed by atoms with E-state index in [1.54, 1.807) is 20.8 Å². The number of nitrogens with zero attached hydrogens (tertiary/aromatic N) is 1. The van der Waals surface area contributed by atoms with Crippen LogP contribution in [-0.2, 0) is 23.6 Å². The van der Waals surface area contributed by atoms with E-state index in [1.807, 2.05) is 39.7 Å². The Balaban J connectivity index is 2.51. The van der Waals surface area contributed by atoms with E-state index in [9.17, 15) is 9.59 Å². The quantitative estimate of drug-likeness (QED) is 0.381. The van der Waals surface area contributed by atoms with Crippen molar-refractivity contribution in [3.63, 3.8) is 0 Å². The highest BCUT2D eigenvalue weighted by atomic mass is 16.7. The van der Waals surface area contributed by atoms with Gasteiger partial charge in [-0.1, -0.05) is 12.1 Å². The number of allylic oxidation sites excluding steroid dienone is 1. The number of hydrogen-bond donors (Lipinski definition) is 0. The molecule has 1 fully saturated rings. The minimum Gasteiger partial charge on any atom is -0.468 e. The molecule has 0 spiro atoms. The maximum Gasteiger partial charge on any atom is 0.486 e. The van der Waals surface area contributed by atoms with Gasteiger partial charge in [-0.05, 0) is 61.3 Å². The molecule has 154 valence electrons. The summed E-state index contributed by atoms with van der Waals surface area (Å²) in [7, 11) is 0.912. The van der Waals surface area contributed by atoms with Crippen LogP contribution >= 0.6 is 0 Å². The molecular formula is C19H34BNO6. The summed E-state index contributed by atoms with van der Waals surface area (Å²) in [6, 6.07) is 0. The molecule has 0 radical (unpaired) electrons. The summed E-state index contributed by atoms with van der Waals surface area (Å²) in [5.41, 5.74) is -1.35. The predicted molar refractivity (Wildman–Crippen MR) is 104 cm³/mol. The molecular weight excluding hydrogens is 349 g/mol. The van der Waals surface area contributed by atoms with Gasteiger partial charge in [0.1, 0.15) is 12.1 Å². The summed E-state index contributed by atoms with van der Waals surface area (Å²) in [6.45, 7) is 13.6. The first-order chi connectivity index (χ1) is 12.3. The zero-order valence-electron chi connectivity index (χ0n) is 18.0. The topological polar surface area (TPSA) is 74.3 Å². The molecule has 8 heteroatoms. The minimum absolute atomic E-state index is 0.133. The summed E-state index contributed by atoms with van der Waals surface area (Å²) in [5, 5.41) is 0. The zero-order valence-corrected chi connectivity index (χ0v) is 18.0. The maximum absolute atomic E-state index is 12.3. The van der Waals surface area contributed by atoms with E-state index in [0.29, 0.717) is 19.4 Å². The highest BCUT2D eigenvalue weighted by Gasteiger charge is 2.49. The van der Waals surface area contributed by atoms with Crippen LogP contribution in [0.15, 0.2) is 12.1 Å². The van der Waals surface area contributed by atoms with Crippen LogP contribution in [0.4, 0.5) is 4.79 Å². The summed E-state index contributed by atoms with van der Waals surface area (Å²) < 4.78 is 21.8. The third kappa shape index (κ3) is 7.54. The molecule has 1 aliphatic heterocycles. The van der Waals surface area contributed by atoms with E-state index in [2.05, 4.69) is 4.74 Å². The second-order valence-electron chi connectivity index (χ2n) is 8.67. The minimum atomic E-state index is -0.623. The van der Waals surface area contributed by atoms with Crippen molar-refractivity contribution in [1.82, 2.24) is 4.90 Å². The normalized spacial score (nSPS) is 18.6. The molecule has 1 rings (SSSR count). The zero-order chi connectivity index (χ0) is 20.9. The van der Waals surface area contributed by atoms with Gasteiger partial charge in [0.2, 0.25) is 0 Å². The van der Waals surface area contributed by atoms with Crippen LogP contribution in [0.1, 0.15) is 61.3 Å². The molecule has 1 saturated heterocycles. The fourth-order valence-corrected chi connectivity index (χ4v) is 2.36. The number of unbranched alkanes of at least 4 members (excludes halogenated alkanes) is 1. The fraction of sp³-hybridized carbons (Fsp3) is 0.789. The van der Waals surface area contributed by atoms with Crippen molar-refractivity contribution in [3.05, 3.63) is 12.1 Å². The van der Waals surface area contributed by atoms with Gasteiger partial charge >= 0.3 is 19.2 Å². The van der Waals surface area contributed by atoms with E-state index < -0.39 is 17.7 Å². The molecule has 27 heavy (non-hydrogen) atoms. The Morgan fingerprint density at radius 2 is 1.67 bits per heavy atom. The summed E-state index contributed by atoms with van der Waals surface area (Å²) in [4.78, 5) is 25.2. The molecule has 0 aliphatic carbocycles. The van der Waals surface area contributed by atoms with Crippen molar-refractivity contribution in [2.75, 3.05) is 20.2 Å². The van der Waals surface area contributed by atoms with Gasteiger partial charge in [-0.2, -0.15) is 0 Å². The van der Waals surface area contributed by atoms with Gasteiger partial charge in [-0.15, -0.1) is 0 Å². The van der Waals surface area contributed by atoms with E-state index in [0.717, 1.165) is 0 Å². The van der Waals surface area contributed by atoms with Crippen LogP contribution in [0, 0.1) is 0 Å². The van der Waals surface area contributed by atoms with Crippen LogP contribution in [0.25, 0.3) is 0 Å². The van der Waals surface area contributed by atoms with Crippen LogP contribution in [0.3, 0.4) is 0 Å². The highest BCUT2D eigenvalue weighted by Crippen LogP contribution is 2.36. The molecule has 0 unspecified atom stereocenters. The smallest absolute Gasteiger partial charge is 0.468 e. The number of rotatable bonds is 7. The van der Waals surface area contributed by atoms with E-state index in [4.69, 9.17) is 14.0 Å². The number of carbonyl (C=O) groups excluding carboxylic acids is 2. The Morgan fingerprint density at radius 3 is 2.15 bits per heavy atom. The van der Waals surface area contributed by atoms with Crippen LogP contribution in [0.2, 0.25) is 0 Å². The van der Waals surface area contributed by atoms with Gasteiger partial charge in [-0.3, -0.25) is 9.69 Å². The number of ether oxygens (including phenoxy) is 2. The van der Waals surface area contributed by atoms with Crippen molar-refractivity contribution < 1.29 is 28.4 Å². The Hall–Kier alpha value is -1.54. The fourth-order valence-electron chi connectivity index (χ4n) is 2.36. The van der Waals surface area contributed by atoms with E-state index in [1.165, 1.54) is 12.0 Å². The van der Waals surface area contributed by atoms with Crippen molar-refractivity contribution in [1.29, 1.82) is 0 Å². The first-order valence-corrected chi connectivity index (χ1v) is 9.34. The van der Waals surface area contributed by atoms with Crippen molar-refractivity contribution in [2.24, 2.45) is 0 Å². The lowest BCUT2D eigenvalue weighted by Gasteiger charge is -2.32. The molecule has 0 saturated carbocycles. The van der Waals surface area contributed by atoms with Crippen LogP contribution in [0.5, 0.6) is 0 Å². The number of hydrogen-bond acceptors (Lipinski definition) is 6. The Kier molecular flexibility index (Phi) is 7.93. The number of carbonyl (C=O) groups is 2. The molecule has 1 aliphatic rings. The first-order valence-electron chi connectivity index (χ1n) is 9.34. The molecule has 0 N–H and O–H groups in total. The SMILES string of the molecule is COC(=O)CN(CCC/C=C/B1OC(C)(C)C(C)(C)O1)C(=O)OC(C)(C)C. The van der Waals surface area contributed by atoms with Crippen LogP contribution < -0.4 is 0 Å². The van der Waals surface area contributed by atoms with Crippen LogP contribution in [-0.4, -0.2) is 61.1 Å². The predicted octanol–water partition coefficient (Wildman–Crippen LogP) is 3.36. The van der Waals surface area contributed by atoms with E-state index >= 15 is 0 Å². The molecule has 0 aromatic rings. The molecule has 0 bridgehead atoms. The second kappa shape index (κ2) is 9.10. The lowest BCUT2D eigenvalue weighted by Crippen LogP contribution is -2.41. The van der Waals surface area contributed by atoms with Gasteiger partial charge in [-0.25, -0.2) is 4.79 Å². The van der Waals surface area contributed by atoms with Gasteiger partial charge in [0.05, 0.1) is 18.3 Å². The standard InChI is InChI=1S/C19H34BNO6/c1-17(2,3)25-16(23)21(14-15(22)24-8)13-11-9-10-12-20-26-18(4,5)19(6,7)27-20/h10,12H,9,11,13-14H2,1-8H3/b12-10+. The molecule has 0 aromatic heterocycles.